The molecule has 1 saturated heterocycles. The first-order valence-corrected chi connectivity index (χ1v) is 7.44. The molecule has 7 nitrogen and oxygen atoms in total. The average molecular weight is 307 g/mol. The van der Waals surface area contributed by atoms with Gasteiger partial charge in [0.05, 0.1) is 11.5 Å². The smallest absolute Gasteiger partial charge is 0.311 e. The summed E-state index contributed by atoms with van der Waals surface area (Å²) in [4.78, 5) is 24.8. The molecule has 0 bridgehead atoms. The summed E-state index contributed by atoms with van der Waals surface area (Å²) in [5, 5.41) is 14.3. The summed E-state index contributed by atoms with van der Waals surface area (Å²) in [6.45, 7) is 3.41. The average Bonchev–Trinajstić information content (AvgIpc) is 2.54. The van der Waals surface area contributed by atoms with Crippen LogP contribution in [0.4, 0.5) is 5.69 Å². The van der Waals surface area contributed by atoms with E-state index in [0.717, 1.165) is 12.8 Å². The van der Waals surface area contributed by atoms with E-state index in [9.17, 15) is 14.9 Å². The van der Waals surface area contributed by atoms with Crippen LogP contribution in [0.3, 0.4) is 0 Å². The number of piperidine rings is 1. The number of benzene rings is 1. The number of nitrogens with zero attached hydrogens (tertiary/aromatic N) is 2. The Balaban J connectivity index is 2.16. The fourth-order valence-corrected chi connectivity index (χ4v) is 2.62. The van der Waals surface area contributed by atoms with Gasteiger partial charge in [-0.1, -0.05) is 0 Å². The molecule has 0 aliphatic carbocycles. The minimum Gasteiger partial charge on any atom is -0.487 e. The van der Waals surface area contributed by atoms with Gasteiger partial charge in [0.1, 0.15) is 0 Å². The second-order valence-corrected chi connectivity index (χ2v) is 5.23. The maximum absolute atomic E-state index is 12.5. The van der Waals surface area contributed by atoms with Crippen molar-refractivity contribution in [2.45, 2.75) is 25.8 Å². The van der Waals surface area contributed by atoms with Gasteiger partial charge in [0.15, 0.2) is 5.75 Å². The molecule has 1 N–H and O–H groups in total. The third-order valence-electron chi connectivity index (χ3n) is 3.89. The SMILES string of the molecule is CCOc1ccc(C(=O)N2CCC(NC)CC2)cc1[N+](=O)[O-]. The van der Waals surface area contributed by atoms with Gasteiger partial charge in [0.2, 0.25) is 0 Å². The highest BCUT2D eigenvalue weighted by Crippen LogP contribution is 2.28. The van der Waals surface area contributed by atoms with Crippen LogP contribution in [0.2, 0.25) is 0 Å². The minimum absolute atomic E-state index is 0.166. The lowest BCUT2D eigenvalue weighted by molar-refractivity contribution is -0.385. The standard InChI is InChI=1S/C15H21N3O4/c1-3-22-14-5-4-11(10-13(14)18(20)21)15(19)17-8-6-12(16-2)7-9-17/h4-5,10,12,16H,3,6-9H2,1-2H3. The number of hydrogen-bond acceptors (Lipinski definition) is 5. The van der Waals surface area contributed by atoms with E-state index in [2.05, 4.69) is 5.32 Å². The summed E-state index contributed by atoms with van der Waals surface area (Å²) >= 11 is 0. The van der Waals surface area contributed by atoms with Crippen LogP contribution in [0.5, 0.6) is 5.75 Å². The third kappa shape index (κ3) is 3.54. The van der Waals surface area contributed by atoms with Crippen molar-refractivity contribution in [1.82, 2.24) is 10.2 Å². The largest absolute Gasteiger partial charge is 0.487 e. The summed E-state index contributed by atoms with van der Waals surface area (Å²) in [6, 6.07) is 4.82. The van der Waals surface area contributed by atoms with Crippen LogP contribution in [0.15, 0.2) is 18.2 Å². The molecular weight excluding hydrogens is 286 g/mol. The number of nitrogens with one attached hydrogen (secondary N) is 1. The summed E-state index contributed by atoms with van der Waals surface area (Å²) in [6.07, 6.45) is 1.78. The Morgan fingerprint density at radius 3 is 2.68 bits per heavy atom. The van der Waals surface area contributed by atoms with Gasteiger partial charge in [0, 0.05) is 30.8 Å². The number of carbonyl (C=O) groups excluding carboxylic acids is 1. The zero-order valence-electron chi connectivity index (χ0n) is 12.9. The van der Waals surface area contributed by atoms with Gasteiger partial charge in [-0.15, -0.1) is 0 Å². The molecule has 0 atom stereocenters. The van der Waals surface area contributed by atoms with Crippen molar-refractivity contribution in [3.05, 3.63) is 33.9 Å². The monoisotopic (exact) mass is 307 g/mol. The van der Waals surface area contributed by atoms with E-state index in [-0.39, 0.29) is 17.3 Å². The summed E-state index contributed by atoms with van der Waals surface area (Å²) in [7, 11) is 1.91. The lowest BCUT2D eigenvalue weighted by Gasteiger charge is -2.31. The van der Waals surface area contributed by atoms with E-state index in [1.807, 2.05) is 7.05 Å². The van der Waals surface area contributed by atoms with Gasteiger partial charge in [-0.05, 0) is 38.9 Å². The number of carbonyl (C=O) groups is 1. The van der Waals surface area contributed by atoms with E-state index in [0.29, 0.717) is 31.3 Å². The van der Waals surface area contributed by atoms with Crippen molar-refractivity contribution >= 4 is 11.6 Å². The minimum atomic E-state index is -0.519. The molecule has 2 rings (SSSR count). The quantitative estimate of drug-likeness (QED) is 0.662. The Bertz CT molecular complexity index is 554. The fraction of sp³-hybridized carbons (Fsp3) is 0.533. The molecule has 0 radical (unpaired) electrons. The molecule has 0 spiro atoms. The van der Waals surface area contributed by atoms with Crippen LogP contribution in [0, 0.1) is 10.1 Å². The highest BCUT2D eigenvalue weighted by molar-refractivity contribution is 5.95. The summed E-state index contributed by atoms with van der Waals surface area (Å²) in [5.41, 5.74) is 0.163. The normalized spacial score (nSPS) is 15.6. The molecule has 1 heterocycles. The van der Waals surface area contributed by atoms with Crippen molar-refractivity contribution in [2.24, 2.45) is 0 Å². The Labute approximate surface area is 129 Å². The fourth-order valence-electron chi connectivity index (χ4n) is 2.62. The Morgan fingerprint density at radius 1 is 1.45 bits per heavy atom. The zero-order valence-corrected chi connectivity index (χ0v) is 12.9. The first-order chi connectivity index (χ1) is 10.6. The van der Waals surface area contributed by atoms with E-state index < -0.39 is 4.92 Å². The molecule has 1 aliphatic rings. The summed E-state index contributed by atoms with van der Waals surface area (Å²) < 4.78 is 5.23. The lowest BCUT2D eigenvalue weighted by atomic mass is 10.0. The second-order valence-electron chi connectivity index (χ2n) is 5.23. The van der Waals surface area contributed by atoms with E-state index >= 15 is 0 Å². The molecule has 120 valence electrons. The molecule has 1 aromatic rings. The van der Waals surface area contributed by atoms with E-state index in [1.54, 1.807) is 17.9 Å². The predicted molar refractivity (Wildman–Crippen MR) is 82.3 cm³/mol. The van der Waals surface area contributed by atoms with Crippen LogP contribution in [-0.2, 0) is 0 Å². The van der Waals surface area contributed by atoms with Gasteiger partial charge >= 0.3 is 5.69 Å². The summed E-state index contributed by atoms with van der Waals surface area (Å²) in [5.74, 6) is 0.0265. The first-order valence-electron chi connectivity index (χ1n) is 7.44. The molecule has 1 aliphatic heterocycles. The van der Waals surface area contributed by atoms with Crippen molar-refractivity contribution in [1.29, 1.82) is 0 Å². The number of nitro benzene ring substituents is 1. The van der Waals surface area contributed by atoms with Crippen molar-refractivity contribution in [2.75, 3.05) is 26.7 Å². The Kier molecular flexibility index (Phi) is 5.32. The molecular formula is C15H21N3O4. The number of likely N-dealkylation sites (tertiary alicyclic amines) is 1. The van der Waals surface area contributed by atoms with Gasteiger partial charge in [-0.25, -0.2) is 0 Å². The van der Waals surface area contributed by atoms with Gasteiger partial charge < -0.3 is 15.0 Å². The van der Waals surface area contributed by atoms with Gasteiger partial charge in [-0.2, -0.15) is 0 Å². The van der Waals surface area contributed by atoms with Crippen molar-refractivity contribution < 1.29 is 14.5 Å². The van der Waals surface area contributed by atoms with Crippen LogP contribution in [-0.4, -0.2) is 48.5 Å². The molecule has 1 amide bonds. The van der Waals surface area contributed by atoms with Gasteiger partial charge in [-0.3, -0.25) is 14.9 Å². The molecule has 0 aromatic heterocycles. The number of nitro groups is 1. The maximum Gasteiger partial charge on any atom is 0.311 e. The number of rotatable bonds is 5. The zero-order chi connectivity index (χ0) is 16.1. The van der Waals surface area contributed by atoms with Crippen molar-refractivity contribution in [3.63, 3.8) is 0 Å². The highest BCUT2D eigenvalue weighted by atomic mass is 16.6. The number of hydrogen-bond donors (Lipinski definition) is 1. The first kappa shape index (κ1) is 16.2. The molecule has 22 heavy (non-hydrogen) atoms. The van der Waals surface area contributed by atoms with Crippen molar-refractivity contribution in [3.8, 4) is 5.75 Å². The lowest BCUT2D eigenvalue weighted by Crippen LogP contribution is -2.43. The highest BCUT2D eigenvalue weighted by Gasteiger charge is 2.25. The number of ether oxygens (including phenoxy) is 1. The Hall–Kier alpha value is -2.15. The van der Waals surface area contributed by atoms with Crippen LogP contribution < -0.4 is 10.1 Å². The molecule has 1 fully saturated rings. The molecule has 0 unspecified atom stereocenters. The van der Waals surface area contributed by atoms with E-state index in [1.165, 1.54) is 12.1 Å². The van der Waals surface area contributed by atoms with Crippen LogP contribution in [0.25, 0.3) is 0 Å². The molecule has 7 heteroatoms. The Morgan fingerprint density at radius 2 is 2.14 bits per heavy atom. The molecule has 1 aromatic carbocycles. The van der Waals surface area contributed by atoms with Crippen LogP contribution >= 0.6 is 0 Å². The van der Waals surface area contributed by atoms with Gasteiger partial charge in [0.25, 0.3) is 5.91 Å². The second kappa shape index (κ2) is 7.22. The topological polar surface area (TPSA) is 84.7 Å². The third-order valence-corrected chi connectivity index (χ3v) is 3.89. The number of amides is 1. The maximum atomic E-state index is 12.5. The predicted octanol–water partition coefficient (Wildman–Crippen LogP) is 1.82. The van der Waals surface area contributed by atoms with E-state index in [4.69, 9.17) is 4.74 Å². The molecule has 0 saturated carbocycles. The van der Waals surface area contributed by atoms with Crippen LogP contribution in [0.1, 0.15) is 30.1 Å².